The summed E-state index contributed by atoms with van der Waals surface area (Å²) in [5.74, 6) is 0.460. The Morgan fingerprint density at radius 2 is 2.04 bits per heavy atom. The number of ether oxygens (including phenoxy) is 1. The predicted molar refractivity (Wildman–Crippen MR) is 90.8 cm³/mol. The van der Waals surface area contributed by atoms with E-state index in [-0.39, 0.29) is 0 Å². The average Bonchev–Trinajstić information content (AvgIpc) is 2.83. The van der Waals surface area contributed by atoms with Gasteiger partial charge in [0.1, 0.15) is 10.4 Å². The van der Waals surface area contributed by atoms with Crippen molar-refractivity contribution in [2.45, 2.75) is 29.7 Å². The second kappa shape index (κ2) is 6.75. The number of fused-ring (bicyclic) bond motifs is 1. The number of nitrogens with two attached hydrogens (primary N) is 1. The van der Waals surface area contributed by atoms with Crippen LogP contribution in [-0.4, -0.2) is 15.6 Å². The monoisotopic (exact) mass is 327 g/mol. The van der Waals surface area contributed by atoms with Gasteiger partial charge in [0.25, 0.3) is 0 Å². The zero-order valence-electron chi connectivity index (χ0n) is 12.7. The molecule has 23 heavy (non-hydrogen) atoms. The van der Waals surface area contributed by atoms with Gasteiger partial charge in [-0.05, 0) is 30.7 Å². The molecule has 0 aliphatic carbocycles. The van der Waals surface area contributed by atoms with Gasteiger partial charge in [0, 0.05) is 17.6 Å². The van der Waals surface area contributed by atoms with Crippen molar-refractivity contribution < 1.29 is 9.53 Å². The Morgan fingerprint density at radius 3 is 2.74 bits per heavy atom. The summed E-state index contributed by atoms with van der Waals surface area (Å²) < 4.78 is 7.28. The maximum absolute atomic E-state index is 11.4. The maximum Gasteiger partial charge on any atom is 0.411 e. The minimum Gasteiger partial charge on any atom is -0.392 e. The van der Waals surface area contributed by atoms with Gasteiger partial charge in [0.15, 0.2) is 0 Å². The van der Waals surface area contributed by atoms with Crippen LogP contribution < -0.4 is 10.5 Å². The second-order valence-corrected chi connectivity index (χ2v) is 6.08. The first-order valence-electron chi connectivity index (χ1n) is 7.38. The molecule has 5 nitrogen and oxygen atoms in total. The lowest BCUT2D eigenvalue weighted by Gasteiger charge is -2.09. The van der Waals surface area contributed by atoms with Gasteiger partial charge in [0.05, 0.1) is 5.52 Å². The van der Waals surface area contributed by atoms with Crippen molar-refractivity contribution in [3.05, 3.63) is 48.7 Å². The lowest BCUT2D eigenvalue weighted by Crippen LogP contribution is -2.18. The second-order valence-electron chi connectivity index (χ2n) is 4.99. The van der Waals surface area contributed by atoms with Crippen LogP contribution in [0.3, 0.4) is 0 Å². The number of benzene rings is 1. The number of primary amides is 1. The van der Waals surface area contributed by atoms with Crippen molar-refractivity contribution in [3.8, 4) is 5.88 Å². The smallest absolute Gasteiger partial charge is 0.392 e. The molecule has 0 bridgehead atoms. The normalized spacial score (nSPS) is 10.8. The van der Waals surface area contributed by atoms with Crippen molar-refractivity contribution in [1.82, 2.24) is 9.55 Å². The zero-order chi connectivity index (χ0) is 16.2. The molecular formula is C17H17N3O2S. The van der Waals surface area contributed by atoms with Crippen molar-refractivity contribution >= 4 is 28.9 Å². The molecule has 1 aromatic carbocycles. The fourth-order valence-corrected chi connectivity index (χ4v) is 3.49. The maximum atomic E-state index is 11.4. The minimum atomic E-state index is -0.819. The van der Waals surface area contributed by atoms with Gasteiger partial charge < -0.3 is 15.0 Å². The van der Waals surface area contributed by atoms with E-state index in [2.05, 4.69) is 11.9 Å². The van der Waals surface area contributed by atoms with Crippen molar-refractivity contribution in [3.63, 3.8) is 0 Å². The highest BCUT2D eigenvalue weighted by molar-refractivity contribution is 7.99. The third-order valence-electron chi connectivity index (χ3n) is 3.34. The molecule has 118 valence electrons. The Hall–Kier alpha value is -2.47. The van der Waals surface area contributed by atoms with Crippen molar-refractivity contribution in [2.75, 3.05) is 0 Å². The Bertz CT molecular complexity index is 830. The first kappa shape index (κ1) is 15.4. The van der Waals surface area contributed by atoms with Gasteiger partial charge in [-0.1, -0.05) is 36.9 Å². The Kier molecular flexibility index (Phi) is 4.52. The van der Waals surface area contributed by atoms with Gasteiger partial charge >= 0.3 is 6.09 Å². The summed E-state index contributed by atoms with van der Waals surface area (Å²) >= 11 is 1.52. The topological polar surface area (TPSA) is 70.1 Å². The minimum absolute atomic E-state index is 0.460. The molecule has 2 N–H and O–H groups in total. The summed E-state index contributed by atoms with van der Waals surface area (Å²) in [7, 11) is 0. The molecule has 3 aromatic rings. The molecule has 0 unspecified atom stereocenters. The number of carbonyl (C=O) groups excluding carboxylic acids is 1. The van der Waals surface area contributed by atoms with Crippen LogP contribution in [-0.2, 0) is 6.54 Å². The first-order chi connectivity index (χ1) is 11.2. The molecule has 0 aliphatic heterocycles. The van der Waals surface area contributed by atoms with Crippen LogP contribution in [0.2, 0.25) is 0 Å². The molecular weight excluding hydrogens is 310 g/mol. The lowest BCUT2D eigenvalue weighted by molar-refractivity contribution is 0.205. The molecule has 0 saturated heterocycles. The third-order valence-corrected chi connectivity index (χ3v) is 4.42. The van der Waals surface area contributed by atoms with Gasteiger partial charge in [-0.25, -0.2) is 4.79 Å². The number of pyridine rings is 1. The van der Waals surface area contributed by atoms with Crippen LogP contribution in [0.15, 0.2) is 58.5 Å². The highest BCUT2D eigenvalue weighted by Crippen LogP contribution is 2.42. The molecule has 0 atom stereocenters. The molecule has 2 heterocycles. The predicted octanol–water partition coefficient (Wildman–Crippen LogP) is 4.06. The van der Waals surface area contributed by atoms with Gasteiger partial charge in [-0.15, -0.1) is 0 Å². The molecule has 6 heteroatoms. The number of hydrogen-bond donors (Lipinski definition) is 1. The molecule has 0 saturated carbocycles. The lowest BCUT2D eigenvalue weighted by atomic mass is 10.4. The van der Waals surface area contributed by atoms with E-state index in [1.807, 2.05) is 47.0 Å². The summed E-state index contributed by atoms with van der Waals surface area (Å²) in [4.78, 5) is 17.7. The van der Waals surface area contributed by atoms with E-state index in [1.165, 1.54) is 11.8 Å². The molecule has 3 rings (SSSR count). The van der Waals surface area contributed by atoms with E-state index in [0.29, 0.717) is 5.88 Å². The Balaban J connectivity index is 2.18. The molecule has 2 aromatic heterocycles. The number of nitrogens with zero attached hydrogens (tertiary/aromatic N) is 2. The van der Waals surface area contributed by atoms with Crippen molar-refractivity contribution in [1.29, 1.82) is 0 Å². The van der Waals surface area contributed by atoms with Crippen LogP contribution in [0.4, 0.5) is 4.79 Å². The van der Waals surface area contributed by atoms with Crippen LogP contribution in [0.1, 0.15) is 13.3 Å². The van der Waals surface area contributed by atoms with E-state index >= 15 is 0 Å². The Morgan fingerprint density at radius 1 is 1.26 bits per heavy atom. The zero-order valence-corrected chi connectivity index (χ0v) is 13.5. The van der Waals surface area contributed by atoms with E-state index in [0.717, 1.165) is 33.8 Å². The van der Waals surface area contributed by atoms with E-state index < -0.39 is 6.09 Å². The van der Waals surface area contributed by atoms with Gasteiger partial charge in [-0.2, -0.15) is 0 Å². The standard InChI is InChI=1S/C17H17N3O2S/c1-2-11-20-13-9-6-10-19-14(13)15(16(20)22-17(18)21)23-12-7-4-3-5-8-12/h3-10H,2,11H2,1H3,(H2,18,21). The van der Waals surface area contributed by atoms with Crippen LogP contribution in [0.25, 0.3) is 11.0 Å². The van der Waals surface area contributed by atoms with Crippen LogP contribution in [0, 0.1) is 0 Å². The number of aromatic nitrogens is 2. The number of rotatable bonds is 5. The number of hydrogen-bond acceptors (Lipinski definition) is 4. The fraction of sp³-hybridized carbons (Fsp3) is 0.176. The van der Waals surface area contributed by atoms with Crippen LogP contribution >= 0.6 is 11.8 Å². The molecule has 0 spiro atoms. The number of amides is 1. The molecule has 0 fully saturated rings. The van der Waals surface area contributed by atoms with E-state index in [4.69, 9.17) is 10.5 Å². The first-order valence-corrected chi connectivity index (χ1v) is 8.19. The molecule has 0 aliphatic rings. The molecule has 1 amide bonds. The summed E-state index contributed by atoms with van der Waals surface area (Å²) in [6.45, 7) is 2.79. The summed E-state index contributed by atoms with van der Waals surface area (Å²) in [5.41, 5.74) is 7.01. The highest BCUT2D eigenvalue weighted by Gasteiger charge is 2.21. The summed E-state index contributed by atoms with van der Waals surface area (Å²) in [6, 6.07) is 13.8. The van der Waals surface area contributed by atoms with E-state index in [9.17, 15) is 4.79 Å². The SMILES string of the molecule is CCCn1c(OC(N)=O)c(Sc2ccccc2)c2ncccc21. The molecule has 0 radical (unpaired) electrons. The summed E-state index contributed by atoms with van der Waals surface area (Å²) in [5, 5.41) is 0. The third kappa shape index (κ3) is 3.17. The summed E-state index contributed by atoms with van der Waals surface area (Å²) in [6.07, 6.45) is 1.82. The quantitative estimate of drug-likeness (QED) is 0.767. The average molecular weight is 327 g/mol. The van der Waals surface area contributed by atoms with Gasteiger partial charge in [0.2, 0.25) is 5.88 Å². The van der Waals surface area contributed by atoms with Crippen LogP contribution in [0.5, 0.6) is 5.88 Å². The number of aryl methyl sites for hydroxylation is 1. The largest absolute Gasteiger partial charge is 0.411 e. The van der Waals surface area contributed by atoms with Gasteiger partial charge in [-0.3, -0.25) is 4.98 Å². The fourth-order valence-electron chi connectivity index (χ4n) is 2.46. The Labute approximate surface area is 138 Å². The highest BCUT2D eigenvalue weighted by atomic mass is 32.2. The number of carbonyl (C=O) groups is 1. The van der Waals surface area contributed by atoms with Crippen molar-refractivity contribution in [2.24, 2.45) is 5.73 Å². The van der Waals surface area contributed by atoms with E-state index in [1.54, 1.807) is 6.20 Å².